The zero-order valence-corrected chi connectivity index (χ0v) is 24.1. The van der Waals surface area contributed by atoms with Crippen LogP contribution in [0.5, 0.6) is 0 Å². The molecule has 0 saturated heterocycles. The standard InChI is InChI=1S/C32H44N4O5/c1-23(37)24-14-15-27-28(20-24)30(22-34-17-9-3-5-11-19-36-32(40)41)26-13-7-6-12-25(26)29(27)21-33-16-8-2-4-10-18-35-31(38)39/h6-7,12-15,20,33-36H,2-5,8-11,16-19,21-22H2,1H3,(H,38,39)(H,40,41). The summed E-state index contributed by atoms with van der Waals surface area (Å²) in [6.07, 6.45) is 5.84. The summed E-state index contributed by atoms with van der Waals surface area (Å²) >= 11 is 0. The van der Waals surface area contributed by atoms with Crippen LogP contribution in [0.25, 0.3) is 21.5 Å². The molecule has 0 heterocycles. The van der Waals surface area contributed by atoms with E-state index < -0.39 is 12.2 Å². The highest BCUT2D eigenvalue weighted by Gasteiger charge is 2.15. The van der Waals surface area contributed by atoms with Crippen molar-refractivity contribution in [2.75, 3.05) is 26.2 Å². The van der Waals surface area contributed by atoms with E-state index in [4.69, 9.17) is 10.2 Å². The topological polar surface area (TPSA) is 140 Å². The zero-order valence-electron chi connectivity index (χ0n) is 24.1. The molecule has 0 aliphatic carbocycles. The number of carbonyl (C=O) groups is 3. The van der Waals surface area contributed by atoms with Crippen LogP contribution in [0.3, 0.4) is 0 Å². The Balaban J connectivity index is 1.67. The van der Waals surface area contributed by atoms with Crippen molar-refractivity contribution in [2.45, 2.75) is 71.4 Å². The Hall–Kier alpha value is -3.69. The highest BCUT2D eigenvalue weighted by atomic mass is 16.4. The van der Waals surface area contributed by atoms with Crippen LogP contribution in [0, 0.1) is 0 Å². The maximum atomic E-state index is 12.3. The number of unbranched alkanes of at least 4 members (excludes halogenated alkanes) is 6. The van der Waals surface area contributed by atoms with E-state index >= 15 is 0 Å². The Labute approximate surface area is 242 Å². The molecule has 0 spiro atoms. The van der Waals surface area contributed by atoms with Crippen LogP contribution in [-0.4, -0.2) is 54.4 Å². The minimum atomic E-state index is -0.972. The largest absolute Gasteiger partial charge is 0.465 e. The third-order valence-electron chi connectivity index (χ3n) is 7.37. The molecule has 41 heavy (non-hydrogen) atoms. The van der Waals surface area contributed by atoms with Gasteiger partial charge in [-0.25, -0.2) is 9.59 Å². The van der Waals surface area contributed by atoms with Crippen molar-refractivity contribution in [3.8, 4) is 0 Å². The van der Waals surface area contributed by atoms with Gasteiger partial charge in [0.05, 0.1) is 0 Å². The third-order valence-corrected chi connectivity index (χ3v) is 7.37. The van der Waals surface area contributed by atoms with Crippen molar-refractivity contribution in [1.82, 2.24) is 21.3 Å². The fourth-order valence-electron chi connectivity index (χ4n) is 5.23. The summed E-state index contributed by atoms with van der Waals surface area (Å²) in [4.78, 5) is 33.4. The van der Waals surface area contributed by atoms with Gasteiger partial charge >= 0.3 is 12.2 Å². The van der Waals surface area contributed by atoms with Gasteiger partial charge in [-0.2, -0.15) is 0 Å². The molecule has 3 rings (SSSR count). The molecule has 6 N–H and O–H groups in total. The van der Waals surface area contributed by atoms with Crippen LogP contribution < -0.4 is 21.3 Å². The molecule has 0 radical (unpaired) electrons. The Kier molecular flexibility index (Phi) is 13.4. The van der Waals surface area contributed by atoms with Gasteiger partial charge in [-0.15, -0.1) is 0 Å². The van der Waals surface area contributed by atoms with Crippen molar-refractivity contribution >= 4 is 39.5 Å². The van der Waals surface area contributed by atoms with E-state index in [9.17, 15) is 14.4 Å². The summed E-state index contributed by atoms with van der Waals surface area (Å²) in [7, 11) is 0. The summed E-state index contributed by atoms with van der Waals surface area (Å²) in [5, 5.41) is 34.0. The van der Waals surface area contributed by atoms with Gasteiger partial charge in [-0.05, 0) is 84.4 Å². The number of hydrogen-bond donors (Lipinski definition) is 6. The first-order valence-electron chi connectivity index (χ1n) is 14.7. The molecule has 0 fully saturated rings. The molecular weight excluding hydrogens is 520 g/mol. The summed E-state index contributed by atoms with van der Waals surface area (Å²) in [6.45, 7) is 5.76. The van der Waals surface area contributed by atoms with Gasteiger partial charge in [0.1, 0.15) is 0 Å². The Bertz CT molecular complexity index is 1310. The lowest BCUT2D eigenvalue weighted by Gasteiger charge is -2.18. The molecule has 3 aromatic rings. The van der Waals surface area contributed by atoms with E-state index in [-0.39, 0.29) is 5.78 Å². The number of nitrogens with one attached hydrogen (secondary N) is 4. The van der Waals surface area contributed by atoms with Crippen LogP contribution in [-0.2, 0) is 13.1 Å². The molecular formula is C32H44N4O5. The Morgan fingerprint density at radius 2 is 1.02 bits per heavy atom. The number of fused-ring (bicyclic) bond motifs is 2. The molecule has 0 aromatic heterocycles. The lowest BCUT2D eigenvalue weighted by molar-refractivity contribution is 0.101. The minimum absolute atomic E-state index is 0.0505. The lowest BCUT2D eigenvalue weighted by Crippen LogP contribution is -2.21. The predicted octanol–water partition coefficient (Wildman–Crippen LogP) is 6.03. The number of Topliss-reactive ketones (excluding diaryl/α,β-unsaturated/α-hetero) is 1. The maximum absolute atomic E-state index is 12.3. The van der Waals surface area contributed by atoms with Crippen molar-refractivity contribution in [1.29, 1.82) is 0 Å². The second kappa shape index (κ2) is 17.2. The molecule has 222 valence electrons. The number of amides is 2. The molecule has 0 unspecified atom stereocenters. The fraction of sp³-hybridized carbons (Fsp3) is 0.469. The van der Waals surface area contributed by atoms with Gasteiger partial charge in [0.2, 0.25) is 0 Å². The number of carbonyl (C=O) groups excluding carboxylic acids is 1. The van der Waals surface area contributed by atoms with Crippen LogP contribution in [0.1, 0.15) is 79.8 Å². The first kappa shape index (κ1) is 31.8. The first-order valence-corrected chi connectivity index (χ1v) is 14.7. The molecule has 2 amide bonds. The van der Waals surface area contributed by atoms with E-state index in [0.29, 0.717) is 25.2 Å². The minimum Gasteiger partial charge on any atom is -0.465 e. The average molecular weight is 565 g/mol. The van der Waals surface area contributed by atoms with Crippen LogP contribution in [0.15, 0.2) is 42.5 Å². The number of hydrogen-bond acceptors (Lipinski definition) is 5. The monoisotopic (exact) mass is 564 g/mol. The van der Waals surface area contributed by atoms with Gasteiger partial charge in [-0.1, -0.05) is 62.1 Å². The number of benzene rings is 3. The fourth-order valence-corrected chi connectivity index (χ4v) is 5.23. The van der Waals surface area contributed by atoms with Crippen molar-refractivity contribution in [3.63, 3.8) is 0 Å². The summed E-state index contributed by atoms with van der Waals surface area (Å²) in [6, 6.07) is 14.5. The normalized spacial score (nSPS) is 11.1. The smallest absolute Gasteiger partial charge is 0.404 e. The molecule has 0 aliphatic heterocycles. The van der Waals surface area contributed by atoms with E-state index in [1.807, 2.05) is 12.1 Å². The molecule has 0 saturated carbocycles. The van der Waals surface area contributed by atoms with E-state index in [2.05, 4.69) is 51.6 Å². The number of carboxylic acid groups (broad SMARTS) is 2. The quantitative estimate of drug-likeness (QED) is 0.0593. The van der Waals surface area contributed by atoms with Gasteiger partial charge in [0, 0.05) is 31.7 Å². The summed E-state index contributed by atoms with van der Waals surface area (Å²) in [5.74, 6) is 0.0505. The Morgan fingerprint density at radius 3 is 1.49 bits per heavy atom. The van der Waals surface area contributed by atoms with E-state index in [1.54, 1.807) is 6.92 Å². The molecule has 3 aromatic carbocycles. The zero-order chi connectivity index (χ0) is 29.5. The molecule has 0 atom stereocenters. The highest BCUT2D eigenvalue weighted by Crippen LogP contribution is 2.34. The molecule has 9 heteroatoms. The predicted molar refractivity (Wildman–Crippen MR) is 164 cm³/mol. The number of ketones is 1. The summed E-state index contributed by atoms with van der Waals surface area (Å²) < 4.78 is 0. The average Bonchev–Trinajstić information content (AvgIpc) is 2.95. The highest BCUT2D eigenvalue weighted by molar-refractivity contribution is 6.08. The van der Waals surface area contributed by atoms with Gasteiger partial charge in [0.25, 0.3) is 0 Å². The van der Waals surface area contributed by atoms with E-state index in [1.165, 1.54) is 21.9 Å². The third kappa shape index (κ3) is 10.3. The second-order valence-electron chi connectivity index (χ2n) is 10.5. The van der Waals surface area contributed by atoms with Crippen molar-refractivity contribution < 1.29 is 24.6 Å². The second-order valence-corrected chi connectivity index (χ2v) is 10.5. The molecule has 9 nitrogen and oxygen atoms in total. The Morgan fingerprint density at radius 1 is 0.585 bits per heavy atom. The summed E-state index contributed by atoms with van der Waals surface area (Å²) in [5.41, 5.74) is 3.14. The maximum Gasteiger partial charge on any atom is 0.404 e. The SMILES string of the molecule is CC(=O)c1ccc2c(CNCCCCCCNC(=O)O)c3ccccc3c(CNCCCCCCNC(=O)O)c2c1. The van der Waals surface area contributed by atoms with Crippen molar-refractivity contribution in [3.05, 3.63) is 59.2 Å². The van der Waals surface area contributed by atoms with Crippen LogP contribution >= 0.6 is 0 Å². The van der Waals surface area contributed by atoms with Gasteiger partial charge in [0.15, 0.2) is 5.78 Å². The van der Waals surface area contributed by atoms with Crippen LogP contribution in [0.4, 0.5) is 9.59 Å². The molecule has 0 aliphatic rings. The number of rotatable bonds is 19. The van der Waals surface area contributed by atoms with Crippen LogP contribution in [0.2, 0.25) is 0 Å². The van der Waals surface area contributed by atoms with Crippen molar-refractivity contribution in [2.24, 2.45) is 0 Å². The van der Waals surface area contributed by atoms with Gasteiger partial charge in [-0.3, -0.25) is 4.79 Å². The lowest BCUT2D eigenvalue weighted by atomic mass is 9.90. The van der Waals surface area contributed by atoms with E-state index in [0.717, 1.165) is 81.8 Å². The first-order chi connectivity index (χ1) is 19.9. The van der Waals surface area contributed by atoms with Gasteiger partial charge < -0.3 is 31.5 Å². The molecule has 0 bridgehead atoms.